The summed E-state index contributed by atoms with van der Waals surface area (Å²) in [6.07, 6.45) is 2.90. The number of nitrogens with two attached hydrogens (primary N) is 1. The number of hydrogen-bond donors (Lipinski definition) is 1. The molecule has 0 amide bonds. The van der Waals surface area contributed by atoms with Crippen LogP contribution in [0.2, 0.25) is 5.02 Å². The van der Waals surface area contributed by atoms with Crippen molar-refractivity contribution in [3.63, 3.8) is 0 Å². The Labute approximate surface area is 120 Å². The van der Waals surface area contributed by atoms with Gasteiger partial charge in [0.15, 0.2) is 0 Å². The molecule has 0 aliphatic carbocycles. The van der Waals surface area contributed by atoms with E-state index >= 15 is 0 Å². The van der Waals surface area contributed by atoms with E-state index in [1.165, 1.54) is 5.56 Å². The predicted molar refractivity (Wildman–Crippen MR) is 81.0 cm³/mol. The second-order valence-corrected chi connectivity index (χ2v) is 5.66. The molecule has 3 nitrogen and oxygen atoms in total. The molecule has 0 bridgehead atoms. The number of benzene rings is 1. The fourth-order valence-electron chi connectivity index (χ4n) is 2.56. The van der Waals surface area contributed by atoms with Crippen LogP contribution in [0.25, 0.3) is 0 Å². The van der Waals surface area contributed by atoms with Crippen molar-refractivity contribution in [3.05, 3.63) is 28.8 Å². The molecule has 1 aromatic carbocycles. The van der Waals surface area contributed by atoms with Gasteiger partial charge >= 0.3 is 0 Å². The van der Waals surface area contributed by atoms with Crippen molar-refractivity contribution < 1.29 is 4.74 Å². The minimum Gasteiger partial charge on any atom is -0.379 e. The largest absolute Gasteiger partial charge is 0.379 e. The van der Waals surface area contributed by atoms with Gasteiger partial charge in [0, 0.05) is 19.7 Å². The number of anilines is 1. The normalized spacial score (nSPS) is 20.5. The molecular formula is C15H23ClN2O. The number of hydrogen-bond acceptors (Lipinski definition) is 3. The molecule has 1 aliphatic heterocycles. The highest BCUT2D eigenvalue weighted by Gasteiger charge is 2.24. The van der Waals surface area contributed by atoms with Gasteiger partial charge in [-0.2, -0.15) is 0 Å². The van der Waals surface area contributed by atoms with Crippen LogP contribution in [0.15, 0.2) is 18.2 Å². The lowest BCUT2D eigenvalue weighted by molar-refractivity contribution is 0.193. The van der Waals surface area contributed by atoms with Crippen LogP contribution >= 0.6 is 11.6 Å². The average molecular weight is 283 g/mol. The molecule has 0 saturated carbocycles. The van der Waals surface area contributed by atoms with Crippen molar-refractivity contribution in [1.82, 2.24) is 0 Å². The Balaban J connectivity index is 2.26. The van der Waals surface area contributed by atoms with E-state index in [1.807, 2.05) is 12.1 Å². The maximum Gasteiger partial charge on any atom is 0.0670 e. The first-order valence-electron chi connectivity index (χ1n) is 6.97. The molecule has 106 valence electrons. The molecule has 1 heterocycles. The number of para-hydroxylation sites is 1. The highest BCUT2D eigenvalue weighted by atomic mass is 35.5. The van der Waals surface area contributed by atoms with Crippen LogP contribution in [0.5, 0.6) is 0 Å². The zero-order valence-electron chi connectivity index (χ0n) is 11.7. The van der Waals surface area contributed by atoms with Crippen LogP contribution in [0.3, 0.4) is 0 Å². The SMILES string of the molecule is CCC(N)Cc1cccc(Cl)c1N(C)C1CCOC1. The number of likely N-dealkylation sites (N-methyl/N-ethyl adjacent to an activating group) is 1. The quantitative estimate of drug-likeness (QED) is 0.902. The Bertz CT molecular complexity index is 419. The van der Waals surface area contributed by atoms with Crippen molar-refractivity contribution in [3.8, 4) is 0 Å². The zero-order valence-corrected chi connectivity index (χ0v) is 12.5. The van der Waals surface area contributed by atoms with Gasteiger partial charge in [-0.3, -0.25) is 0 Å². The summed E-state index contributed by atoms with van der Waals surface area (Å²) in [5.74, 6) is 0. The van der Waals surface area contributed by atoms with E-state index < -0.39 is 0 Å². The van der Waals surface area contributed by atoms with Gasteiger partial charge in [-0.15, -0.1) is 0 Å². The van der Waals surface area contributed by atoms with Crippen LogP contribution in [-0.2, 0) is 11.2 Å². The standard InChI is InChI=1S/C15H23ClN2O/c1-3-12(17)9-11-5-4-6-14(16)15(11)18(2)13-7-8-19-10-13/h4-6,12-13H,3,7-10,17H2,1-2H3. The van der Waals surface area contributed by atoms with Crippen LogP contribution in [0, 0.1) is 0 Å². The van der Waals surface area contributed by atoms with E-state index in [0.29, 0.717) is 6.04 Å². The molecule has 1 saturated heterocycles. The summed E-state index contributed by atoms with van der Waals surface area (Å²) < 4.78 is 5.47. The Morgan fingerprint density at radius 2 is 2.32 bits per heavy atom. The average Bonchev–Trinajstić information content (AvgIpc) is 2.92. The van der Waals surface area contributed by atoms with Gasteiger partial charge in [0.25, 0.3) is 0 Å². The zero-order chi connectivity index (χ0) is 13.8. The molecule has 0 spiro atoms. The number of rotatable bonds is 5. The summed E-state index contributed by atoms with van der Waals surface area (Å²) in [7, 11) is 2.10. The van der Waals surface area contributed by atoms with Crippen LogP contribution in [0.4, 0.5) is 5.69 Å². The van der Waals surface area contributed by atoms with Crippen LogP contribution < -0.4 is 10.6 Å². The van der Waals surface area contributed by atoms with Gasteiger partial charge in [-0.1, -0.05) is 30.7 Å². The minimum absolute atomic E-state index is 0.186. The molecule has 1 aromatic rings. The lowest BCUT2D eigenvalue weighted by atomic mass is 10.0. The van der Waals surface area contributed by atoms with Crippen molar-refractivity contribution in [2.24, 2.45) is 5.73 Å². The van der Waals surface area contributed by atoms with Crippen LogP contribution in [0.1, 0.15) is 25.3 Å². The summed E-state index contributed by atoms with van der Waals surface area (Å²) in [5, 5.41) is 0.801. The van der Waals surface area contributed by atoms with Gasteiger partial charge in [0.2, 0.25) is 0 Å². The maximum atomic E-state index is 6.41. The van der Waals surface area contributed by atoms with E-state index in [9.17, 15) is 0 Å². The van der Waals surface area contributed by atoms with Crippen molar-refractivity contribution in [2.75, 3.05) is 25.2 Å². The van der Waals surface area contributed by atoms with Gasteiger partial charge in [0.05, 0.1) is 23.4 Å². The fourth-order valence-corrected chi connectivity index (χ4v) is 2.88. The molecule has 2 rings (SSSR count). The van der Waals surface area contributed by atoms with Crippen LogP contribution in [-0.4, -0.2) is 32.3 Å². The number of ether oxygens (including phenoxy) is 1. The second kappa shape index (κ2) is 6.60. The summed E-state index contributed by atoms with van der Waals surface area (Å²) in [6.45, 7) is 3.73. The topological polar surface area (TPSA) is 38.5 Å². The Morgan fingerprint density at radius 1 is 1.53 bits per heavy atom. The lowest BCUT2D eigenvalue weighted by Gasteiger charge is -2.29. The molecule has 4 heteroatoms. The summed E-state index contributed by atoms with van der Waals surface area (Å²) in [5.41, 5.74) is 8.44. The first-order valence-corrected chi connectivity index (χ1v) is 7.34. The summed E-state index contributed by atoms with van der Waals surface area (Å²) >= 11 is 6.41. The smallest absolute Gasteiger partial charge is 0.0670 e. The van der Waals surface area contributed by atoms with E-state index in [4.69, 9.17) is 22.1 Å². The molecule has 2 unspecified atom stereocenters. The molecule has 1 fully saturated rings. The third-order valence-electron chi connectivity index (χ3n) is 3.88. The van der Waals surface area contributed by atoms with E-state index in [1.54, 1.807) is 0 Å². The van der Waals surface area contributed by atoms with E-state index in [0.717, 1.165) is 43.2 Å². The first kappa shape index (κ1) is 14.6. The van der Waals surface area contributed by atoms with E-state index in [2.05, 4.69) is 24.9 Å². The third-order valence-corrected chi connectivity index (χ3v) is 4.19. The third kappa shape index (κ3) is 3.41. The molecule has 0 aromatic heterocycles. The maximum absolute atomic E-state index is 6.41. The van der Waals surface area contributed by atoms with Crippen molar-refractivity contribution >= 4 is 17.3 Å². The van der Waals surface area contributed by atoms with Gasteiger partial charge in [-0.25, -0.2) is 0 Å². The summed E-state index contributed by atoms with van der Waals surface area (Å²) in [6, 6.07) is 6.68. The minimum atomic E-state index is 0.186. The van der Waals surface area contributed by atoms with Crippen molar-refractivity contribution in [2.45, 2.75) is 38.3 Å². The van der Waals surface area contributed by atoms with Gasteiger partial charge in [0.1, 0.15) is 0 Å². The second-order valence-electron chi connectivity index (χ2n) is 5.25. The molecule has 19 heavy (non-hydrogen) atoms. The monoisotopic (exact) mass is 282 g/mol. The Kier molecular flexibility index (Phi) is 5.08. The molecule has 2 N–H and O–H groups in total. The fraction of sp³-hybridized carbons (Fsp3) is 0.600. The molecule has 2 atom stereocenters. The highest BCUT2D eigenvalue weighted by molar-refractivity contribution is 6.33. The summed E-state index contributed by atoms with van der Waals surface area (Å²) in [4.78, 5) is 2.26. The van der Waals surface area contributed by atoms with Crippen molar-refractivity contribution in [1.29, 1.82) is 0 Å². The predicted octanol–water partition coefficient (Wildman–Crippen LogP) is 2.84. The molecule has 1 aliphatic rings. The molecular weight excluding hydrogens is 260 g/mol. The lowest BCUT2D eigenvalue weighted by Crippen LogP contribution is -2.33. The highest BCUT2D eigenvalue weighted by Crippen LogP contribution is 2.32. The van der Waals surface area contributed by atoms with Gasteiger partial charge in [-0.05, 0) is 30.9 Å². The van der Waals surface area contributed by atoms with Gasteiger partial charge < -0.3 is 15.4 Å². The number of nitrogens with zero attached hydrogens (tertiary/aromatic N) is 1. The van der Waals surface area contributed by atoms with E-state index in [-0.39, 0.29) is 6.04 Å². The Hall–Kier alpha value is -0.770. The molecule has 0 radical (unpaired) electrons. The first-order chi connectivity index (χ1) is 9.13. The number of halogens is 1. The Morgan fingerprint density at radius 3 is 2.95 bits per heavy atom.